The molecule has 0 amide bonds. The molecule has 162 valence electrons. The predicted molar refractivity (Wildman–Crippen MR) is 120 cm³/mol. The van der Waals surface area contributed by atoms with Gasteiger partial charge in [-0.15, -0.1) is 0 Å². The van der Waals surface area contributed by atoms with Crippen LogP contribution in [-0.4, -0.2) is 37.2 Å². The van der Waals surface area contributed by atoms with Gasteiger partial charge >= 0.3 is 17.9 Å². The molecule has 0 spiro atoms. The summed E-state index contributed by atoms with van der Waals surface area (Å²) in [4.78, 5) is 38.0. The highest BCUT2D eigenvalue weighted by molar-refractivity contribution is 6.20. The van der Waals surface area contributed by atoms with E-state index >= 15 is 0 Å². The first-order chi connectivity index (χ1) is 15.5. The lowest BCUT2D eigenvalue weighted by Crippen LogP contribution is -2.26. The maximum atomic E-state index is 12.5. The quantitative estimate of drug-likeness (QED) is 0.422. The smallest absolute Gasteiger partial charge is 0.355 e. The van der Waals surface area contributed by atoms with Gasteiger partial charge in [-0.25, -0.2) is 14.4 Å². The normalized spacial score (nSPS) is 13.6. The number of aliphatic carboxylic acids is 1. The molecule has 7 heteroatoms. The van der Waals surface area contributed by atoms with Gasteiger partial charge in [-0.1, -0.05) is 48.5 Å². The number of carbonyl (C=O) groups excluding carboxylic acids is 2. The van der Waals surface area contributed by atoms with Gasteiger partial charge in [0.15, 0.2) is 0 Å². The summed E-state index contributed by atoms with van der Waals surface area (Å²) in [6, 6.07) is 15.7. The van der Waals surface area contributed by atoms with E-state index in [0.717, 1.165) is 0 Å². The van der Waals surface area contributed by atoms with Crippen LogP contribution in [0, 0.1) is 0 Å². The summed E-state index contributed by atoms with van der Waals surface area (Å²) in [5.41, 5.74) is 2.02. The third kappa shape index (κ3) is 4.84. The zero-order valence-corrected chi connectivity index (χ0v) is 17.5. The Bertz CT molecular complexity index is 1140. The van der Waals surface area contributed by atoms with E-state index in [0.29, 0.717) is 16.8 Å². The Hall–Kier alpha value is -4.39. The van der Waals surface area contributed by atoms with Crippen molar-refractivity contribution in [2.24, 2.45) is 0 Å². The molecule has 1 aliphatic heterocycles. The number of ether oxygens (including phenoxy) is 2. The molecule has 1 N–H and O–H groups in total. The summed E-state index contributed by atoms with van der Waals surface area (Å²) >= 11 is 0. The lowest BCUT2D eigenvalue weighted by molar-refractivity contribution is -0.139. The van der Waals surface area contributed by atoms with E-state index in [1.54, 1.807) is 73.0 Å². The van der Waals surface area contributed by atoms with Gasteiger partial charge < -0.3 is 19.5 Å². The van der Waals surface area contributed by atoms with Crippen molar-refractivity contribution >= 4 is 35.2 Å². The maximum Gasteiger partial charge on any atom is 0.355 e. The first-order valence-electron chi connectivity index (χ1n) is 9.61. The fraction of sp³-hybridized carbons (Fsp3) is 0.0800. The Morgan fingerprint density at radius 1 is 0.875 bits per heavy atom. The third-order valence-electron chi connectivity index (χ3n) is 4.69. The van der Waals surface area contributed by atoms with E-state index in [4.69, 9.17) is 9.47 Å². The maximum absolute atomic E-state index is 12.5. The topological polar surface area (TPSA) is 93.1 Å². The Labute approximate surface area is 185 Å². The van der Waals surface area contributed by atoms with E-state index in [1.807, 2.05) is 6.07 Å². The molecule has 32 heavy (non-hydrogen) atoms. The number of carboxylic acid groups (broad SMARTS) is 1. The zero-order chi connectivity index (χ0) is 23.1. The molecule has 1 aliphatic rings. The highest BCUT2D eigenvalue weighted by Crippen LogP contribution is 2.27. The van der Waals surface area contributed by atoms with Crippen molar-refractivity contribution in [2.45, 2.75) is 0 Å². The van der Waals surface area contributed by atoms with Crippen molar-refractivity contribution in [3.05, 3.63) is 101 Å². The Balaban J connectivity index is 2.02. The van der Waals surface area contributed by atoms with Gasteiger partial charge in [-0.05, 0) is 41.5 Å². The predicted octanol–water partition coefficient (Wildman–Crippen LogP) is 3.80. The summed E-state index contributed by atoms with van der Waals surface area (Å²) in [5.74, 6) is -2.42. The molecule has 0 aliphatic carbocycles. The van der Waals surface area contributed by atoms with Crippen LogP contribution < -0.4 is 4.90 Å². The van der Waals surface area contributed by atoms with Crippen molar-refractivity contribution < 1.29 is 29.0 Å². The standard InChI is InChI=1S/C25H21NO6/c1-31-24(29)20-10-6-7-15-26(22(20)25(30)32-2)19-13-11-17(12-14-19)16-21(23(27)28)18-8-4-3-5-9-18/h3-16H,1-2H3,(H,27,28). The van der Waals surface area contributed by atoms with Crippen LogP contribution in [-0.2, 0) is 23.9 Å². The Morgan fingerprint density at radius 3 is 2.12 bits per heavy atom. The van der Waals surface area contributed by atoms with Gasteiger partial charge in [0, 0.05) is 11.9 Å². The first-order valence-corrected chi connectivity index (χ1v) is 9.61. The van der Waals surface area contributed by atoms with E-state index < -0.39 is 17.9 Å². The van der Waals surface area contributed by atoms with Crippen LogP contribution in [0.5, 0.6) is 0 Å². The van der Waals surface area contributed by atoms with Crippen molar-refractivity contribution in [3.63, 3.8) is 0 Å². The SMILES string of the molecule is COC(=O)C1=C(C(=O)OC)N(c2ccc(C=C(C(=O)O)c3ccccc3)cc2)C=CC=C1. The van der Waals surface area contributed by atoms with Crippen molar-refractivity contribution in [2.75, 3.05) is 19.1 Å². The van der Waals surface area contributed by atoms with Crippen LogP contribution in [0.4, 0.5) is 5.69 Å². The number of esters is 2. The number of hydrogen-bond acceptors (Lipinski definition) is 6. The largest absolute Gasteiger partial charge is 0.478 e. The molecule has 0 unspecified atom stereocenters. The van der Waals surface area contributed by atoms with Crippen LogP contribution in [0.3, 0.4) is 0 Å². The monoisotopic (exact) mass is 431 g/mol. The van der Waals surface area contributed by atoms with E-state index in [2.05, 4.69) is 0 Å². The van der Waals surface area contributed by atoms with E-state index in [9.17, 15) is 19.5 Å². The van der Waals surface area contributed by atoms with Crippen LogP contribution in [0.25, 0.3) is 11.6 Å². The number of carbonyl (C=O) groups is 3. The Kier molecular flexibility index (Phi) is 7.02. The van der Waals surface area contributed by atoms with Gasteiger partial charge in [0.05, 0.1) is 25.4 Å². The summed E-state index contributed by atoms with van der Waals surface area (Å²) in [5, 5.41) is 9.61. The van der Waals surface area contributed by atoms with E-state index in [1.165, 1.54) is 25.2 Å². The summed E-state index contributed by atoms with van der Waals surface area (Å²) < 4.78 is 9.69. The number of carboxylic acids is 1. The van der Waals surface area contributed by atoms with Crippen molar-refractivity contribution in [1.82, 2.24) is 0 Å². The molecule has 1 heterocycles. The number of anilines is 1. The van der Waals surface area contributed by atoms with Crippen LogP contribution in [0.1, 0.15) is 11.1 Å². The number of allylic oxidation sites excluding steroid dienone is 2. The number of hydrogen-bond donors (Lipinski definition) is 1. The molecule has 0 fully saturated rings. The molecule has 7 nitrogen and oxygen atoms in total. The molecule has 0 atom stereocenters. The highest BCUT2D eigenvalue weighted by atomic mass is 16.5. The second kappa shape index (κ2) is 10.1. The molecule has 3 rings (SSSR count). The molecule has 0 aromatic heterocycles. The lowest BCUT2D eigenvalue weighted by atomic mass is 10.0. The summed E-state index contributed by atoms with van der Waals surface area (Å²) in [6.07, 6.45) is 7.95. The van der Waals surface area contributed by atoms with E-state index in [-0.39, 0.29) is 16.8 Å². The molecular weight excluding hydrogens is 410 g/mol. The van der Waals surface area contributed by atoms with Gasteiger partial charge in [0.25, 0.3) is 0 Å². The fourth-order valence-electron chi connectivity index (χ4n) is 3.15. The van der Waals surface area contributed by atoms with Crippen molar-refractivity contribution in [1.29, 1.82) is 0 Å². The number of methoxy groups -OCH3 is 2. The molecule has 2 aromatic carbocycles. The summed E-state index contributed by atoms with van der Waals surface area (Å²) in [6.45, 7) is 0. The molecule has 0 radical (unpaired) electrons. The zero-order valence-electron chi connectivity index (χ0n) is 17.5. The van der Waals surface area contributed by atoms with Gasteiger partial charge in [0.2, 0.25) is 0 Å². The lowest BCUT2D eigenvalue weighted by Gasteiger charge is -2.23. The minimum absolute atomic E-state index is 0.00292. The number of rotatable bonds is 6. The fourth-order valence-corrected chi connectivity index (χ4v) is 3.15. The van der Waals surface area contributed by atoms with Crippen LogP contribution in [0.15, 0.2) is 90.3 Å². The molecular formula is C25H21NO6. The number of benzene rings is 2. The average molecular weight is 431 g/mol. The Morgan fingerprint density at radius 2 is 1.53 bits per heavy atom. The van der Waals surface area contributed by atoms with Gasteiger partial charge in [-0.3, -0.25) is 0 Å². The molecule has 0 bridgehead atoms. The third-order valence-corrected chi connectivity index (χ3v) is 4.69. The highest BCUT2D eigenvalue weighted by Gasteiger charge is 2.27. The summed E-state index contributed by atoms with van der Waals surface area (Å²) in [7, 11) is 2.46. The second-order valence-corrected chi connectivity index (χ2v) is 6.64. The van der Waals surface area contributed by atoms with Crippen molar-refractivity contribution in [3.8, 4) is 0 Å². The van der Waals surface area contributed by atoms with Gasteiger partial charge in [-0.2, -0.15) is 0 Å². The van der Waals surface area contributed by atoms with Crippen LogP contribution >= 0.6 is 0 Å². The first kappa shape index (κ1) is 22.3. The average Bonchev–Trinajstić information content (AvgIpc) is 3.05. The molecule has 0 saturated carbocycles. The van der Waals surface area contributed by atoms with Crippen LogP contribution in [0.2, 0.25) is 0 Å². The minimum atomic E-state index is -1.04. The molecule has 0 saturated heterocycles. The second-order valence-electron chi connectivity index (χ2n) is 6.64. The molecule has 2 aromatic rings. The number of nitrogens with zero attached hydrogens (tertiary/aromatic N) is 1. The minimum Gasteiger partial charge on any atom is -0.478 e. The van der Waals surface area contributed by atoms with Gasteiger partial charge in [0.1, 0.15) is 5.70 Å².